The van der Waals surface area contributed by atoms with E-state index in [-0.39, 0.29) is 11.8 Å². The SMILES string of the molecule is COC(=O)C1(C(=N)N)CC1. The molecule has 0 aromatic rings. The van der Waals surface area contributed by atoms with E-state index < -0.39 is 5.41 Å². The Morgan fingerprint density at radius 1 is 1.70 bits per heavy atom. The molecule has 0 radical (unpaired) electrons. The van der Waals surface area contributed by atoms with E-state index in [1.54, 1.807) is 0 Å². The van der Waals surface area contributed by atoms with Gasteiger partial charge in [0.05, 0.1) is 7.11 Å². The van der Waals surface area contributed by atoms with Crippen molar-refractivity contribution >= 4 is 11.8 Å². The van der Waals surface area contributed by atoms with E-state index in [1.807, 2.05) is 0 Å². The monoisotopic (exact) mass is 142 g/mol. The smallest absolute Gasteiger partial charge is 0.319 e. The molecule has 56 valence electrons. The molecule has 4 nitrogen and oxygen atoms in total. The fourth-order valence-corrected chi connectivity index (χ4v) is 0.904. The third-order valence-corrected chi connectivity index (χ3v) is 1.84. The maximum Gasteiger partial charge on any atom is 0.319 e. The van der Waals surface area contributed by atoms with E-state index in [0.717, 1.165) is 0 Å². The van der Waals surface area contributed by atoms with Gasteiger partial charge in [-0.05, 0) is 12.8 Å². The molecule has 4 heteroatoms. The molecule has 10 heavy (non-hydrogen) atoms. The van der Waals surface area contributed by atoms with E-state index in [1.165, 1.54) is 7.11 Å². The van der Waals surface area contributed by atoms with Gasteiger partial charge in [0.15, 0.2) is 0 Å². The van der Waals surface area contributed by atoms with Crippen molar-refractivity contribution in [3.8, 4) is 0 Å². The summed E-state index contributed by atoms with van der Waals surface area (Å²) in [6, 6.07) is 0. The maximum atomic E-state index is 10.9. The van der Waals surface area contributed by atoms with Crippen molar-refractivity contribution in [3.63, 3.8) is 0 Å². The Hall–Kier alpha value is -1.06. The molecular formula is C6H10N2O2. The predicted octanol–water partition coefficient (Wildman–Crippen LogP) is -0.124. The molecule has 1 fully saturated rings. The molecular weight excluding hydrogens is 132 g/mol. The summed E-state index contributed by atoms with van der Waals surface area (Å²) in [6.07, 6.45) is 1.32. The largest absolute Gasteiger partial charge is 0.468 e. The Balaban J connectivity index is 2.69. The lowest BCUT2D eigenvalue weighted by Gasteiger charge is -2.08. The predicted molar refractivity (Wildman–Crippen MR) is 35.6 cm³/mol. The number of nitrogens with two attached hydrogens (primary N) is 1. The lowest BCUT2D eigenvalue weighted by molar-refractivity contribution is -0.144. The maximum absolute atomic E-state index is 10.9. The first-order valence-corrected chi connectivity index (χ1v) is 3.06. The molecule has 0 aromatic carbocycles. The summed E-state index contributed by atoms with van der Waals surface area (Å²) in [5, 5.41) is 7.07. The first-order chi connectivity index (χ1) is 4.63. The minimum Gasteiger partial charge on any atom is -0.468 e. The molecule has 1 saturated carbocycles. The number of carbonyl (C=O) groups excluding carboxylic acids is 1. The van der Waals surface area contributed by atoms with Crippen LogP contribution < -0.4 is 5.73 Å². The molecule has 0 saturated heterocycles. The average Bonchev–Trinajstić information content (AvgIpc) is 2.65. The highest BCUT2D eigenvalue weighted by Gasteiger charge is 2.54. The van der Waals surface area contributed by atoms with Crippen molar-refractivity contribution in [1.82, 2.24) is 0 Å². The molecule has 3 N–H and O–H groups in total. The minimum atomic E-state index is -0.741. The number of ether oxygens (including phenoxy) is 1. The second-order valence-corrected chi connectivity index (χ2v) is 2.49. The Labute approximate surface area is 58.9 Å². The standard InChI is InChI=1S/C6H10N2O2/c1-10-5(9)6(2-3-6)4(7)8/h2-3H2,1H3,(H3,7,8). The van der Waals surface area contributed by atoms with Crippen LogP contribution in [0.1, 0.15) is 12.8 Å². The average molecular weight is 142 g/mol. The highest BCUT2D eigenvalue weighted by Crippen LogP contribution is 2.46. The van der Waals surface area contributed by atoms with Crippen LogP contribution >= 0.6 is 0 Å². The Morgan fingerprint density at radius 3 is 2.30 bits per heavy atom. The number of nitrogens with one attached hydrogen (secondary N) is 1. The van der Waals surface area contributed by atoms with Crippen molar-refractivity contribution in [2.45, 2.75) is 12.8 Å². The van der Waals surface area contributed by atoms with E-state index in [2.05, 4.69) is 4.74 Å². The molecule has 0 atom stereocenters. The van der Waals surface area contributed by atoms with Crippen LogP contribution in [0.5, 0.6) is 0 Å². The number of hydrogen-bond donors (Lipinski definition) is 2. The zero-order chi connectivity index (χ0) is 7.78. The molecule has 0 aliphatic heterocycles. The summed E-state index contributed by atoms with van der Waals surface area (Å²) in [6.45, 7) is 0. The van der Waals surface area contributed by atoms with Gasteiger partial charge < -0.3 is 10.5 Å². The molecule has 0 unspecified atom stereocenters. The number of hydrogen-bond acceptors (Lipinski definition) is 3. The van der Waals surface area contributed by atoms with Gasteiger partial charge >= 0.3 is 5.97 Å². The summed E-state index contributed by atoms with van der Waals surface area (Å²) in [5.74, 6) is -0.445. The molecule has 0 heterocycles. The highest BCUT2D eigenvalue weighted by atomic mass is 16.5. The fourth-order valence-electron chi connectivity index (χ4n) is 0.904. The zero-order valence-corrected chi connectivity index (χ0v) is 5.81. The molecule has 0 spiro atoms. The normalized spacial score (nSPS) is 19.7. The van der Waals surface area contributed by atoms with E-state index in [9.17, 15) is 4.79 Å². The van der Waals surface area contributed by atoms with Crippen molar-refractivity contribution in [2.75, 3.05) is 7.11 Å². The number of rotatable bonds is 2. The summed E-state index contributed by atoms with van der Waals surface area (Å²) in [5.41, 5.74) is 4.45. The molecule has 0 amide bonds. The van der Waals surface area contributed by atoms with Gasteiger partial charge in [-0.2, -0.15) is 0 Å². The number of amidine groups is 1. The number of methoxy groups -OCH3 is 1. The van der Waals surface area contributed by atoms with Crippen LogP contribution in [0.2, 0.25) is 0 Å². The lowest BCUT2D eigenvalue weighted by atomic mass is 10.1. The van der Waals surface area contributed by atoms with E-state index in [0.29, 0.717) is 12.8 Å². The van der Waals surface area contributed by atoms with Gasteiger partial charge in [0.2, 0.25) is 0 Å². The van der Waals surface area contributed by atoms with Crippen molar-refractivity contribution in [3.05, 3.63) is 0 Å². The van der Waals surface area contributed by atoms with Gasteiger partial charge in [-0.15, -0.1) is 0 Å². The Kier molecular flexibility index (Phi) is 1.39. The Bertz CT molecular complexity index is 184. The highest BCUT2D eigenvalue weighted by molar-refractivity contribution is 6.06. The first-order valence-electron chi connectivity index (χ1n) is 3.06. The van der Waals surface area contributed by atoms with Crippen LogP contribution in [0.4, 0.5) is 0 Å². The summed E-state index contributed by atoms with van der Waals surface area (Å²) in [4.78, 5) is 10.9. The van der Waals surface area contributed by atoms with E-state index >= 15 is 0 Å². The Morgan fingerprint density at radius 2 is 2.20 bits per heavy atom. The van der Waals surface area contributed by atoms with Gasteiger partial charge in [0, 0.05) is 0 Å². The minimum absolute atomic E-state index is 0.0700. The van der Waals surface area contributed by atoms with Gasteiger partial charge in [-0.25, -0.2) is 0 Å². The molecule has 1 aliphatic rings. The molecule has 1 aliphatic carbocycles. The topological polar surface area (TPSA) is 76.2 Å². The second kappa shape index (κ2) is 1.97. The third kappa shape index (κ3) is 0.761. The molecule has 1 rings (SSSR count). The molecule has 0 bridgehead atoms. The lowest BCUT2D eigenvalue weighted by Crippen LogP contribution is -2.32. The third-order valence-electron chi connectivity index (χ3n) is 1.84. The number of carbonyl (C=O) groups is 1. The fraction of sp³-hybridized carbons (Fsp3) is 0.667. The van der Waals surface area contributed by atoms with Crippen LogP contribution in [0.25, 0.3) is 0 Å². The van der Waals surface area contributed by atoms with Gasteiger partial charge in [0.25, 0.3) is 0 Å². The van der Waals surface area contributed by atoms with Crippen LogP contribution in [-0.2, 0) is 9.53 Å². The second-order valence-electron chi connectivity index (χ2n) is 2.49. The van der Waals surface area contributed by atoms with Gasteiger partial charge in [0.1, 0.15) is 11.3 Å². The first kappa shape index (κ1) is 7.05. The van der Waals surface area contributed by atoms with Crippen LogP contribution in [0, 0.1) is 10.8 Å². The van der Waals surface area contributed by atoms with Crippen molar-refractivity contribution in [1.29, 1.82) is 5.41 Å². The molecule has 0 aromatic heterocycles. The van der Waals surface area contributed by atoms with Crippen LogP contribution in [0.3, 0.4) is 0 Å². The quantitative estimate of drug-likeness (QED) is 0.320. The van der Waals surface area contributed by atoms with Gasteiger partial charge in [-0.3, -0.25) is 10.2 Å². The van der Waals surface area contributed by atoms with Crippen LogP contribution in [-0.4, -0.2) is 18.9 Å². The van der Waals surface area contributed by atoms with E-state index in [4.69, 9.17) is 11.1 Å². The summed E-state index contributed by atoms with van der Waals surface area (Å²) in [7, 11) is 1.31. The van der Waals surface area contributed by atoms with Crippen molar-refractivity contribution in [2.24, 2.45) is 11.1 Å². The summed E-state index contributed by atoms with van der Waals surface area (Å²) < 4.78 is 4.48. The number of esters is 1. The van der Waals surface area contributed by atoms with Crippen LogP contribution in [0.15, 0.2) is 0 Å². The van der Waals surface area contributed by atoms with Gasteiger partial charge in [-0.1, -0.05) is 0 Å². The zero-order valence-electron chi connectivity index (χ0n) is 5.81. The van der Waals surface area contributed by atoms with Crippen molar-refractivity contribution < 1.29 is 9.53 Å². The summed E-state index contributed by atoms with van der Waals surface area (Å²) >= 11 is 0.